The second-order valence-electron chi connectivity index (χ2n) is 5.04. The highest BCUT2D eigenvalue weighted by Gasteiger charge is 2.16. The first-order chi connectivity index (χ1) is 9.67. The van der Waals surface area contributed by atoms with Gasteiger partial charge in [0, 0.05) is 23.5 Å². The summed E-state index contributed by atoms with van der Waals surface area (Å²) in [6, 6.07) is 5.33. The molecule has 2 aromatic rings. The van der Waals surface area contributed by atoms with Crippen LogP contribution in [-0.4, -0.2) is 14.5 Å². The number of aromatic nitrogens is 3. The van der Waals surface area contributed by atoms with Crippen LogP contribution in [0.3, 0.4) is 0 Å². The summed E-state index contributed by atoms with van der Waals surface area (Å²) in [5.74, 6) is 6.55. The molecular weight excluding hydrogens is 254 g/mol. The Morgan fingerprint density at radius 1 is 1.35 bits per heavy atom. The molecule has 1 aliphatic rings. The fourth-order valence-electron chi connectivity index (χ4n) is 2.72. The van der Waals surface area contributed by atoms with Crippen LogP contribution in [0.2, 0.25) is 0 Å². The van der Waals surface area contributed by atoms with Crippen molar-refractivity contribution in [3.63, 3.8) is 0 Å². The van der Waals surface area contributed by atoms with E-state index in [9.17, 15) is 4.79 Å². The van der Waals surface area contributed by atoms with Gasteiger partial charge in [-0.3, -0.25) is 4.79 Å². The molecule has 0 aliphatic heterocycles. The van der Waals surface area contributed by atoms with E-state index in [1.54, 1.807) is 16.7 Å². The van der Waals surface area contributed by atoms with E-state index in [0.717, 1.165) is 30.7 Å². The molecule has 1 aliphatic carbocycles. The molecule has 0 saturated carbocycles. The Hall–Kier alpha value is -2.21. The summed E-state index contributed by atoms with van der Waals surface area (Å²) in [6.07, 6.45) is 3.09. The minimum atomic E-state index is -0.00184. The van der Waals surface area contributed by atoms with Crippen LogP contribution < -0.4 is 16.8 Å². The zero-order valence-corrected chi connectivity index (χ0v) is 11.4. The Kier molecular flexibility index (Phi) is 3.23. The first-order valence-corrected chi connectivity index (χ1v) is 6.70. The van der Waals surface area contributed by atoms with Crippen LogP contribution in [0.5, 0.6) is 0 Å². The molecule has 2 aromatic heterocycles. The van der Waals surface area contributed by atoms with E-state index in [0.29, 0.717) is 18.2 Å². The van der Waals surface area contributed by atoms with Crippen molar-refractivity contribution in [3.05, 3.63) is 51.3 Å². The van der Waals surface area contributed by atoms with Gasteiger partial charge in [0.1, 0.15) is 5.82 Å². The van der Waals surface area contributed by atoms with Crippen LogP contribution in [0, 0.1) is 6.92 Å². The van der Waals surface area contributed by atoms with Gasteiger partial charge in [-0.2, -0.15) is 0 Å². The monoisotopic (exact) mass is 271 g/mol. The lowest BCUT2D eigenvalue weighted by molar-refractivity contribution is 0.673. The highest BCUT2D eigenvalue weighted by atomic mass is 16.1. The molecule has 0 spiro atoms. The summed E-state index contributed by atoms with van der Waals surface area (Å²) in [5, 5.41) is 0. The summed E-state index contributed by atoms with van der Waals surface area (Å²) in [6.45, 7) is 2.27. The van der Waals surface area contributed by atoms with Crippen LogP contribution in [0.1, 0.15) is 29.2 Å². The lowest BCUT2D eigenvalue weighted by Crippen LogP contribution is -2.24. The molecule has 6 heteroatoms. The van der Waals surface area contributed by atoms with Crippen LogP contribution in [0.4, 0.5) is 5.82 Å². The van der Waals surface area contributed by atoms with Crippen molar-refractivity contribution in [2.24, 2.45) is 5.84 Å². The number of rotatable bonds is 3. The summed E-state index contributed by atoms with van der Waals surface area (Å²) >= 11 is 0. The Morgan fingerprint density at radius 2 is 2.20 bits per heavy atom. The van der Waals surface area contributed by atoms with Gasteiger partial charge >= 0.3 is 0 Å². The minimum Gasteiger partial charge on any atom is -0.308 e. The number of fused-ring (bicyclic) bond motifs is 1. The number of nitrogens with two attached hydrogens (primary N) is 1. The molecule has 0 atom stereocenters. The third-order valence-corrected chi connectivity index (χ3v) is 3.60. The SMILES string of the molecule is Cc1cc(NN)nc(Cn2c3c(ccc2=O)CCC3)n1. The predicted octanol–water partition coefficient (Wildman–Crippen LogP) is 0.769. The Bertz CT molecular complexity index is 707. The maximum atomic E-state index is 12.1. The molecule has 0 aromatic carbocycles. The number of pyridine rings is 1. The molecule has 2 heterocycles. The van der Waals surface area contributed by atoms with Crippen molar-refractivity contribution >= 4 is 5.82 Å². The number of hydrazine groups is 1. The number of hydrogen-bond donors (Lipinski definition) is 2. The van der Waals surface area contributed by atoms with Crippen LogP contribution in [0.15, 0.2) is 23.0 Å². The number of aryl methyl sites for hydroxylation is 2. The lowest BCUT2D eigenvalue weighted by atomic mass is 10.2. The van der Waals surface area contributed by atoms with E-state index in [4.69, 9.17) is 5.84 Å². The third kappa shape index (κ3) is 2.30. The summed E-state index contributed by atoms with van der Waals surface area (Å²) in [7, 11) is 0. The zero-order valence-electron chi connectivity index (χ0n) is 11.4. The van der Waals surface area contributed by atoms with Gasteiger partial charge in [-0.15, -0.1) is 0 Å². The van der Waals surface area contributed by atoms with Crippen LogP contribution >= 0.6 is 0 Å². The van der Waals surface area contributed by atoms with Crippen molar-refractivity contribution in [2.45, 2.75) is 32.7 Å². The molecule has 0 amide bonds. The van der Waals surface area contributed by atoms with Crippen LogP contribution in [0.25, 0.3) is 0 Å². The van der Waals surface area contributed by atoms with Gasteiger partial charge in [0.25, 0.3) is 5.56 Å². The normalized spacial score (nSPS) is 13.3. The molecule has 0 bridgehead atoms. The highest BCUT2D eigenvalue weighted by Crippen LogP contribution is 2.20. The molecule has 6 nitrogen and oxygen atoms in total. The van der Waals surface area contributed by atoms with Crippen molar-refractivity contribution in [3.8, 4) is 0 Å². The standard InChI is InChI=1S/C14H17N5O/c1-9-7-12(18-15)17-13(16-9)8-19-11-4-2-3-10(11)5-6-14(19)20/h5-7H,2-4,8,15H2,1H3,(H,16,17,18). The van der Waals surface area contributed by atoms with Gasteiger partial charge in [0.2, 0.25) is 0 Å². The van der Waals surface area contributed by atoms with E-state index in [1.807, 2.05) is 13.0 Å². The Labute approximate surface area is 116 Å². The fourth-order valence-corrected chi connectivity index (χ4v) is 2.72. The van der Waals surface area contributed by atoms with Crippen molar-refractivity contribution in [2.75, 3.05) is 5.43 Å². The average molecular weight is 271 g/mol. The van der Waals surface area contributed by atoms with Gasteiger partial charge in [-0.1, -0.05) is 6.07 Å². The van der Waals surface area contributed by atoms with Gasteiger partial charge in [0.15, 0.2) is 5.82 Å². The predicted molar refractivity (Wildman–Crippen MR) is 76.4 cm³/mol. The number of hydrogen-bond acceptors (Lipinski definition) is 5. The average Bonchev–Trinajstić information content (AvgIpc) is 2.90. The summed E-state index contributed by atoms with van der Waals surface area (Å²) in [4.78, 5) is 20.8. The highest BCUT2D eigenvalue weighted by molar-refractivity contribution is 5.34. The van der Waals surface area contributed by atoms with E-state index in [2.05, 4.69) is 15.4 Å². The second-order valence-corrected chi connectivity index (χ2v) is 5.04. The minimum absolute atomic E-state index is 0.00184. The smallest absolute Gasteiger partial charge is 0.251 e. The molecule has 3 rings (SSSR count). The molecule has 0 radical (unpaired) electrons. The maximum Gasteiger partial charge on any atom is 0.251 e. The zero-order chi connectivity index (χ0) is 14.1. The summed E-state index contributed by atoms with van der Waals surface area (Å²) in [5.41, 5.74) is 5.72. The van der Waals surface area contributed by atoms with E-state index < -0.39 is 0 Å². The second kappa shape index (κ2) is 5.05. The molecule has 0 saturated heterocycles. The van der Waals surface area contributed by atoms with Gasteiger partial charge < -0.3 is 9.99 Å². The van der Waals surface area contributed by atoms with Gasteiger partial charge in [0.05, 0.1) is 6.54 Å². The topological polar surface area (TPSA) is 85.8 Å². The van der Waals surface area contributed by atoms with Crippen molar-refractivity contribution in [1.82, 2.24) is 14.5 Å². The van der Waals surface area contributed by atoms with Crippen molar-refractivity contribution < 1.29 is 0 Å². The lowest BCUT2D eigenvalue weighted by Gasteiger charge is -2.12. The van der Waals surface area contributed by atoms with Crippen LogP contribution in [-0.2, 0) is 19.4 Å². The quantitative estimate of drug-likeness (QED) is 0.636. The van der Waals surface area contributed by atoms with E-state index in [1.165, 1.54) is 5.56 Å². The number of anilines is 1. The first-order valence-electron chi connectivity index (χ1n) is 6.70. The molecule has 0 fully saturated rings. The van der Waals surface area contributed by atoms with Crippen molar-refractivity contribution in [1.29, 1.82) is 0 Å². The Morgan fingerprint density at radius 3 is 3.00 bits per heavy atom. The number of nitrogens with zero attached hydrogens (tertiary/aromatic N) is 3. The van der Waals surface area contributed by atoms with Gasteiger partial charge in [-0.25, -0.2) is 15.8 Å². The molecular formula is C14H17N5O. The molecule has 0 unspecified atom stereocenters. The fraction of sp³-hybridized carbons (Fsp3) is 0.357. The molecule has 104 valence electrons. The number of nitrogen functional groups attached to an aromatic ring is 1. The third-order valence-electron chi connectivity index (χ3n) is 3.60. The van der Waals surface area contributed by atoms with E-state index >= 15 is 0 Å². The largest absolute Gasteiger partial charge is 0.308 e. The Balaban J connectivity index is 2.02. The molecule has 20 heavy (non-hydrogen) atoms. The van der Waals surface area contributed by atoms with E-state index in [-0.39, 0.29) is 5.56 Å². The number of nitrogens with one attached hydrogen (secondary N) is 1. The molecule has 3 N–H and O–H groups in total. The maximum absolute atomic E-state index is 12.1. The first kappa shape index (κ1) is 12.8. The van der Waals surface area contributed by atoms with Gasteiger partial charge in [-0.05, 0) is 31.7 Å². The summed E-state index contributed by atoms with van der Waals surface area (Å²) < 4.78 is 1.78.